The summed E-state index contributed by atoms with van der Waals surface area (Å²) in [6.45, 7) is 1.90. The molecule has 1 N–H and O–H groups in total. The molecule has 6 heteroatoms. The van der Waals surface area contributed by atoms with Gasteiger partial charge < -0.3 is 5.32 Å². The van der Waals surface area contributed by atoms with Crippen molar-refractivity contribution >= 4 is 28.4 Å². The van der Waals surface area contributed by atoms with Crippen molar-refractivity contribution in [3.8, 4) is 0 Å². The minimum atomic E-state index is -0.207. The van der Waals surface area contributed by atoms with Gasteiger partial charge in [-0.1, -0.05) is 30.3 Å². The molecular formula is C18H18N4O2. The van der Waals surface area contributed by atoms with Crippen LogP contribution in [0.5, 0.6) is 0 Å². The Morgan fingerprint density at radius 3 is 2.67 bits per heavy atom. The number of hydrogen-bond donors (Lipinski definition) is 1. The molecule has 0 unspecified atom stereocenters. The Morgan fingerprint density at radius 2 is 1.92 bits per heavy atom. The van der Waals surface area contributed by atoms with E-state index in [-0.39, 0.29) is 24.5 Å². The average Bonchev–Trinajstić information content (AvgIpc) is 2.87. The summed E-state index contributed by atoms with van der Waals surface area (Å²) in [6, 6.07) is 10.8. The minimum absolute atomic E-state index is 0.0394. The zero-order valence-electron chi connectivity index (χ0n) is 13.6. The van der Waals surface area contributed by atoms with E-state index in [0.29, 0.717) is 11.3 Å². The SMILES string of the molecule is Cc1nn(C)c2ncc(NC(=O)CCC(=O)c3ccccc3)cc12. The number of ketones is 1. The number of carbonyl (C=O) groups is 2. The van der Waals surface area contributed by atoms with Gasteiger partial charge in [-0.05, 0) is 13.0 Å². The van der Waals surface area contributed by atoms with Crippen molar-refractivity contribution in [2.75, 3.05) is 5.32 Å². The van der Waals surface area contributed by atoms with Crippen LogP contribution in [0.2, 0.25) is 0 Å². The second-order valence-corrected chi connectivity index (χ2v) is 5.64. The molecule has 0 fully saturated rings. The molecule has 0 spiro atoms. The lowest BCUT2D eigenvalue weighted by molar-refractivity contribution is -0.116. The Morgan fingerprint density at radius 1 is 1.17 bits per heavy atom. The van der Waals surface area contributed by atoms with Gasteiger partial charge in [0.15, 0.2) is 11.4 Å². The van der Waals surface area contributed by atoms with Gasteiger partial charge in [0.2, 0.25) is 5.91 Å². The molecule has 0 aliphatic rings. The van der Waals surface area contributed by atoms with E-state index in [1.54, 1.807) is 23.0 Å². The number of rotatable bonds is 5. The lowest BCUT2D eigenvalue weighted by Crippen LogP contribution is -2.13. The monoisotopic (exact) mass is 322 g/mol. The first-order valence-electron chi connectivity index (χ1n) is 7.72. The lowest BCUT2D eigenvalue weighted by Gasteiger charge is -2.05. The van der Waals surface area contributed by atoms with Gasteiger partial charge >= 0.3 is 0 Å². The molecule has 0 aliphatic carbocycles. The third kappa shape index (κ3) is 3.32. The maximum atomic E-state index is 12.1. The largest absolute Gasteiger partial charge is 0.325 e. The second kappa shape index (κ2) is 6.62. The van der Waals surface area contributed by atoms with Crippen LogP contribution in [0.15, 0.2) is 42.6 Å². The summed E-state index contributed by atoms with van der Waals surface area (Å²) in [5, 5.41) is 7.99. The highest BCUT2D eigenvalue weighted by atomic mass is 16.2. The second-order valence-electron chi connectivity index (χ2n) is 5.64. The molecule has 0 atom stereocenters. The number of hydrogen-bond acceptors (Lipinski definition) is 4. The van der Waals surface area contributed by atoms with Gasteiger partial charge in [0.25, 0.3) is 0 Å². The predicted molar refractivity (Wildman–Crippen MR) is 91.9 cm³/mol. The normalized spacial score (nSPS) is 10.8. The number of aryl methyl sites for hydroxylation is 2. The first-order chi connectivity index (χ1) is 11.5. The van der Waals surface area contributed by atoms with Gasteiger partial charge in [-0.25, -0.2) is 4.98 Å². The standard InChI is InChI=1S/C18H18N4O2/c1-12-15-10-14(11-19-18(15)22(2)21-12)20-17(24)9-8-16(23)13-6-4-3-5-7-13/h3-7,10-11H,8-9H2,1-2H3,(H,20,24). The van der Waals surface area contributed by atoms with Gasteiger partial charge in [-0.3, -0.25) is 14.3 Å². The molecule has 24 heavy (non-hydrogen) atoms. The molecule has 3 aromatic rings. The van der Waals surface area contributed by atoms with Gasteiger partial charge in [0.1, 0.15) is 0 Å². The van der Waals surface area contributed by atoms with Crippen LogP contribution in [-0.4, -0.2) is 26.5 Å². The first-order valence-corrected chi connectivity index (χ1v) is 7.72. The summed E-state index contributed by atoms with van der Waals surface area (Å²) in [7, 11) is 1.83. The molecule has 6 nitrogen and oxygen atoms in total. The van der Waals surface area contributed by atoms with E-state index in [9.17, 15) is 9.59 Å². The quantitative estimate of drug-likeness (QED) is 0.733. The Labute approximate surface area is 139 Å². The summed E-state index contributed by atoms with van der Waals surface area (Å²) in [5.74, 6) is -0.246. The van der Waals surface area contributed by atoms with Crippen molar-refractivity contribution in [1.29, 1.82) is 0 Å². The number of aromatic nitrogens is 3. The molecule has 3 rings (SSSR count). The van der Waals surface area contributed by atoms with Crippen molar-refractivity contribution in [1.82, 2.24) is 14.8 Å². The van der Waals surface area contributed by atoms with Gasteiger partial charge in [-0.15, -0.1) is 0 Å². The number of amides is 1. The van der Waals surface area contributed by atoms with E-state index < -0.39 is 0 Å². The van der Waals surface area contributed by atoms with Gasteiger partial charge in [-0.2, -0.15) is 5.10 Å². The number of nitrogens with zero attached hydrogens (tertiary/aromatic N) is 3. The van der Waals surface area contributed by atoms with Gasteiger partial charge in [0.05, 0.1) is 17.6 Å². The fourth-order valence-electron chi connectivity index (χ4n) is 2.60. The average molecular weight is 322 g/mol. The van der Waals surface area contributed by atoms with E-state index in [1.165, 1.54) is 0 Å². The van der Waals surface area contributed by atoms with E-state index in [0.717, 1.165) is 16.7 Å². The van der Waals surface area contributed by atoms with Crippen molar-refractivity contribution in [3.05, 3.63) is 53.9 Å². The van der Waals surface area contributed by atoms with Crippen LogP contribution in [0.4, 0.5) is 5.69 Å². The number of nitrogens with one attached hydrogen (secondary N) is 1. The van der Waals surface area contributed by atoms with Crippen LogP contribution in [0.1, 0.15) is 28.9 Å². The highest BCUT2D eigenvalue weighted by Gasteiger charge is 2.11. The summed E-state index contributed by atoms with van der Waals surface area (Å²) in [6.07, 6.45) is 1.91. The van der Waals surface area contributed by atoms with Crippen molar-refractivity contribution in [3.63, 3.8) is 0 Å². The van der Waals surface area contributed by atoms with Crippen LogP contribution < -0.4 is 5.32 Å². The van der Waals surface area contributed by atoms with E-state index in [2.05, 4.69) is 15.4 Å². The van der Waals surface area contributed by atoms with Crippen molar-refractivity contribution in [2.45, 2.75) is 19.8 Å². The van der Waals surface area contributed by atoms with Crippen molar-refractivity contribution in [2.24, 2.45) is 7.05 Å². The van der Waals surface area contributed by atoms with Gasteiger partial charge in [0, 0.05) is 30.8 Å². The number of carbonyl (C=O) groups excluding carboxylic acids is 2. The Hall–Kier alpha value is -3.02. The maximum Gasteiger partial charge on any atom is 0.224 e. The molecule has 0 radical (unpaired) electrons. The lowest BCUT2D eigenvalue weighted by atomic mass is 10.1. The fourth-order valence-corrected chi connectivity index (χ4v) is 2.60. The Kier molecular flexibility index (Phi) is 4.37. The Balaban J connectivity index is 1.63. The van der Waals surface area contributed by atoms with E-state index in [1.807, 2.05) is 38.2 Å². The molecular weight excluding hydrogens is 304 g/mol. The topological polar surface area (TPSA) is 76.9 Å². The predicted octanol–water partition coefficient (Wildman–Crippen LogP) is 2.88. The summed E-state index contributed by atoms with van der Waals surface area (Å²) >= 11 is 0. The smallest absolute Gasteiger partial charge is 0.224 e. The minimum Gasteiger partial charge on any atom is -0.325 e. The van der Waals surface area contributed by atoms with Crippen LogP contribution in [0.25, 0.3) is 11.0 Å². The number of Topliss-reactive ketones (excluding diaryl/α,β-unsaturated/α-hetero) is 1. The Bertz CT molecular complexity index is 900. The zero-order valence-corrected chi connectivity index (χ0v) is 13.6. The molecule has 2 heterocycles. The summed E-state index contributed by atoms with van der Waals surface area (Å²) in [4.78, 5) is 28.4. The molecule has 0 aliphatic heterocycles. The molecule has 122 valence electrons. The highest BCUT2D eigenvalue weighted by molar-refractivity contribution is 6.00. The zero-order chi connectivity index (χ0) is 17.1. The third-order valence-electron chi connectivity index (χ3n) is 3.82. The van der Waals surface area contributed by atoms with Crippen LogP contribution in [0.3, 0.4) is 0 Å². The molecule has 0 saturated carbocycles. The highest BCUT2D eigenvalue weighted by Crippen LogP contribution is 2.19. The number of benzene rings is 1. The fraction of sp³-hybridized carbons (Fsp3) is 0.222. The summed E-state index contributed by atoms with van der Waals surface area (Å²) in [5.41, 5.74) is 2.86. The number of fused-ring (bicyclic) bond motifs is 1. The molecule has 1 amide bonds. The molecule has 0 saturated heterocycles. The number of pyridine rings is 1. The van der Waals surface area contributed by atoms with Crippen molar-refractivity contribution < 1.29 is 9.59 Å². The third-order valence-corrected chi connectivity index (χ3v) is 3.82. The van der Waals surface area contributed by atoms with Crippen LogP contribution in [-0.2, 0) is 11.8 Å². The summed E-state index contributed by atoms with van der Waals surface area (Å²) < 4.78 is 1.70. The van der Waals surface area contributed by atoms with E-state index in [4.69, 9.17) is 0 Å². The number of anilines is 1. The molecule has 1 aromatic carbocycles. The maximum absolute atomic E-state index is 12.1. The first kappa shape index (κ1) is 15.9. The molecule has 2 aromatic heterocycles. The van der Waals surface area contributed by atoms with E-state index >= 15 is 0 Å². The van der Waals surface area contributed by atoms with Crippen LogP contribution in [0, 0.1) is 6.92 Å². The van der Waals surface area contributed by atoms with Crippen LogP contribution >= 0.6 is 0 Å². The molecule has 0 bridgehead atoms.